The molecule has 0 N–H and O–H groups in total. The van der Waals surface area contributed by atoms with Crippen molar-refractivity contribution in [1.29, 1.82) is 0 Å². The summed E-state index contributed by atoms with van der Waals surface area (Å²) < 4.78 is 24.5. The van der Waals surface area contributed by atoms with Crippen LogP contribution in [0, 0.1) is 0 Å². The van der Waals surface area contributed by atoms with Crippen molar-refractivity contribution < 1.29 is 8.42 Å². The first-order valence-electron chi connectivity index (χ1n) is 7.91. The maximum absolute atomic E-state index is 12.3. The predicted molar refractivity (Wildman–Crippen MR) is 82.1 cm³/mol. The van der Waals surface area contributed by atoms with E-state index in [0.717, 1.165) is 37.2 Å². The molecule has 4 rings (SSSR count). The Balaban J connectivity index is 1.51. The molecular weight excluding hydrogens is 306 g/mol. The van der Waals surface area contributed by atoms with Crippen molar-refractivity contribution in [3.63, 3.8) is 0 Å². The van der Waals surface area contributed by atoms with Crippen molar-refractivity contribution in [3.05, 3.63) is 10.0 Å². The quantitative estimate of drug-likeness (QED) is 0.849. The largest absolute Gasteiger partial charge is 0.291 e. The summed E-state index contributed by atoms with van der Waals surface area (Å²) in [6.07, 6.45) is 6.56. The van der Waals surface area contributed by atoms with Crippen molar-refractivity contribution in [3.8, 4) is 0 Å². The lowest BCUT2D eigenvalue weighted by molar-refractivity contribution is 0.148. The first-order chi connectivity index (χ1) is 10.1. The predicted octanol–water partition coefficient (Wildman–Crippen LogP) is 1.96. The highest BCUT2D eigenvalue weighted by Crippen LogP contribution is 2.41. The molecule has 2 atom stereocenters. The van der Waals surface area contributed by atoms with Crippen LogP contribution in [0.4, 0.5) is 0 Å². The van der Waals surface area contributed by atoms with Crippen LogP contribution in [0.5, 0.6) is 0 Å². The summed E-state index contributed by atoms with van der Waals surface area (Å²) in [7, 11) is -2.88. The van der Waals surface area contributed by atoms with Gasteiger partial charge in [-0.25, -0.2) is 8.42 Å². The number of fused-ring (bicyclic) bond motifs is 1. The molecular formula is C14H21N3O2S2. The van der Waals surface area contributed by atoms with Gasteiger partial charge in [-0.2, -0.15) is 0 Å². The van der Waals surface area contributed by atoms with Crippen LogP contribution in [-0.4, -0.2) is 47.1 Å². The van der Waals surface area contributed by atoms with Crippen molar-refractivity contribution in [1.82, 2.24) is 15.1 Å². The molecule has 1 aromatic heterocycles. The Morgan fingerprint density at radius 2 is 1.95 bits per heavy atom. The zero-order valence-corrected chi connectivity index (χ0v) is 13.7. The minimum Gasteiger partial charge on any atom is -0.291 e. The molecule has 1 aliphatic heterocycles. The molecule has 0 aromatic carbocycles. The van der Waals surface area contributed by atoms with Crippen LogP contribution in [-0.2, 0) is 16.4 Å². The average molecular weight is 327 g/mol. The summed E-state index contributed by atoms with van der Waals surface area (Å²) in [5.74, 6) is 0.961. The highest BCUT2D eigenvalue weighted by Gasteiger charge is 2.42. The molecule has 5 nitrogen and oxygen atoms in total. The lowest BCUT2D eigenvalue weighted by Crippen LogP contribution is -2.55. The summed E-state index contributed by atoms with van der Waals surface area (Å²) in [5.41, 5.74) is 0. The molecule has 0 spiro atoms. The zero-order valence-electron chi connectivity index (χ0n) is 12.1. The molecule has 116 valence electrons. The minimum absolute atomic E-state index is 0.143. The third-order valence-electron chi connectivity index (χ3n) is 5.01. The molecule has 0 amide bonds. The van der Waals surface area contributed by atoms with Crippen molar-refractivity contribution >= 4 is 21.2 Å². The molecule has 21 heavy (non-hydrogen) atoms. The van der Waals surface area contributed by atoms with Gasteiger partial charge in [0.2, 0.25) is 0 Å². The standard InChI is InChI=1S/C14H21N3O2S2/c18-21(19)8-7-17(11-3-1-2-4-12(11)21)9-13-15-16-14(20-13)10-5-6-10/h10-12H,1-9H2. The number of hydrogen-bond donors (Lipinski definition) is 0. The van der Waals surface area contributed by atoms with Crippen LogP contribution in [0.25, 0.3) is 0 Å². The third-order valence-corrected chi connectivity index (χ3v) is 8.30. The van der Waals surface area contributed by atoms with Gasteiger partial charge in [-0.05, 0) is 25.7 Å². The normalized spacial score (nSPS) is 32.8. The Labute approximate surface area is 129 Å². The van der Waals surface area contributed by atoms with Crippen molar-refractivity contribution in [2.45, 2.75) is 62.3 Å². The van der Waals surface area contributed by atoms with E-state index in [1.54, 1.807) is 11.3 Å². The molecule has 0 bridgehead atoms. The fraction of sp³-hybridized carbons (Fsp3) is 0.857. The van der Waals surface area contributed by atoms with E-state index in [-0.39, 0.29) is 11.3 Å². The van der Waals surface area contributed by atoms with Gasteiger partial charge in [0.1, 0.15) is 10.0 Å². The highest BCUT2D eigenvalue weighted by molar-refractivity contribution is 7.92. The highest BCUT2D eigenvalue weighted by atomic mass is 32.2. The second kappa shape index (κ2) is 5.28. The number of nitrogens with zero attached hydrogens (tertiary/aromatic N) is 3. The second-order valence-electron chi connectivity index (χ2n) is 6.54. The maximum Gasteiger partial charge on any atom is 0.155 e. The Morgan fingerprint density at radius 1 is 1.14 bits per heavy atom. The SMILES string of the molecule is O=S1(=O)CCN(Cc2nnc(C3CC3)s2)C2CCCCC21. The van der Waals surface area contributed by atoms with Crippen LogP contribution in [0.15, 0.2) is 0 Å². The Hall–Kier alpha value is -0.530. The molecule has 1 aromatic rings. The maximum atomic E-state index is 12.3. The molecule has 2 aliphatic carbocycles. The monoisotopic (exact) mass is 327 g/mol. The summed E-state index contributed by atoms with van der Waals surface area (Å²) in [6, 6.07) is 0.200. The Morgan fingerprint density at radius 3 is 2.76 bits per heavy atom. The summed E-state index contributed by atoms with van der Waals surface area (Å²) in [4.78, 5) is 2.35. The smallest absolute Gasteiger partial charge is 0.155 e. The summed E-state index contributed by atoms with van der Waals surface area (Å²) in [5, 5.41) is 10.7. The molecule has 3 aliphatic rings. The third kappa shape index (κ3) is 2.75. The fourth-order valence-corrected chi connectivity index (χ4v) is 6.81. The van der Waals surface area contributed by atoms with Gasteiger partial charge in [-0.3, -0.25) is 4.90 Å². The topological polar surface area (TPSA) is 63.2 Å². The van der Waals surface area contributed by atoms with Gasteiger partial charge in [0.05, 0.1) is 17.5 Å². The minimum atomic E-state index is -2.88. The van der Waals surface area contributed by atoms with Crippen molar-refractivity contribution in [2.75, 3.05) is 12.3 Å². The van der Waals surface area contributed by atoms with Crippen molar-refractivity contribution in [2.24, 2.45) is 0 Å². The number of sulfone groups is 1. The van der Waals surface area contributed by atoms with E-state index in [2.05, 4.69) is 15.1 Å². The van der Waals surface area contributed by atoms with E-state index in [1.807, 2.05) is 0 Å². The average Bonchev–Trinajstić information content (AvgIpc) is 3.23. The summed E-state index contributed by atoms with van der Waals surface area (Å²) >= 11 is 1.72. The van der Waals surface area contributed by atoms with E-state index >= 15 is 0 Å². The first kappa shape index (κ1) is 14.1. The van der Waals surface area contributed by atoms with Crippen LogP contribution >= 0.6 is 11.3 Å². The second-order valence-corrected chi connectivity index (χ2v) is 9.97. The van der Waals surface area contributed by atoms with Crippen LogP contribution < -0.4 is 0 Å². The van der Waals surface area contributed by atoms with E-state index in [4.69, 9.17) is 0 Å². The number of hydrogen-bond acceptors (Lipinski definition) is 6. The van der Waals surface area contributed by atoms with Gasteiger partial charge in [0.25, 0.3) is 0 Å². The lowest BCUT2D eigenvalue weighted by atomic mass is 9.93. The van der Waals surface area contributed by atoms with Crippen LogP contribution in [0.2, 0.25) is 0 Å². The Bertz CT molecular complexity index is 624. The van der Waals surface area contributed by atoms with E-state index in [0.29, 0.717) is 18.2 Å². The molecule has 2 saturated carbocycles. The Kier molecular flexibility index (Phi) is 3.54. The van der Waals surface area contributed by atoms with Gasteiger partial charge in [-0.15, -0.1) is 10.2 Å². The van der Waals surface area contributed by atoms with E-state index in [1.165, 1.54) is 17.8 Å². The van der Waals surface area contributed by atoms with Gasteiger partial charge in [-0.1, -0.05) is 24.2 Å². The number of aromatic nitrogens is 2. The van der Waals surface area contributed by atoms with Gasteiger partial charge in [0, 0.05) is 18.5 Å². The van der Waals surface area contributed by atoms with Gasteiger partial charge in [0.15, 0.2) is 9.84 Å². The molecule has 3 fully saturated rings. The molecule has 2 heterocycles. The first-order valence-corrected chi connectivity index (χ1v) is 10.4. The fourth-order valence-electron chi connectivity index (χ4n) is 3.67. The molecule has 2 unspecified atom stereocenters. The zero-order chi connectivity index (χ0) is 14.4. The number of rotatable bonds is 3. The van der Waals surface area contributed by atoms with Gasteiger partial charge < -0.3 is 0 Å². The van der Waals surface area contributed by atoms with Crippen LogP contribution in [0.1, 0.15) is 54.5 Å². The van der Waals surface area contributed by atoms with Crippen LogP contribution in [0.3, 0.4) is 0 Å². The summed E-state index contributed by atoms with van der Waals surface area (Å²) in [6.45, 7) is 1.43. The lowest BCUT2D eigenvalue weighted by Gasteiger charge is -2.43. The molecule has 7 heteroatoms. The molecule has 0 radical (unpaired) electrons. The van der Waals surface area contributed by atoms with Gasteiger partial charge >= 0.3 is 0 Å². The molecule has 1 saturated heterocycles. The van der Waals surface area contributed by atoms with E-state index in [9.17, 15) is 8.42 Å². The van der Waals surface area contributed by atoms with E-state index < -0.39 is 9.84 Å².